The van der Waals surface area contributed by atoms with Crippen LogP contribution in [0.5, 0.6) is 5.75 Å². The highest BCUT2D eigenvalue weighted by atomic mass is 35.5. The Morgan fingerprint density at radius 1 is 1.20 bits per heavy atom. The predicted octanol–water partition coefficient (Wildman–Crippen LogP) is 5.24. The van der Waals surface area contributed by atoms with Crippen molar-refractivity contribution in [2.75, 3.05) is 11.9 Å². The summed E-state index contributed by atoms with van der Waals surface area (Å²) in [5.74, 6) is 0.744. The molecule has 0 aromatic heterocycles. The quantitative estimate of drug-likeness (QED) is 0.819. The zero-order valence-corrected chi connectivity index (χ0v) is 12.6. The number of aryl methyl sites for hydroxylation is 1. The first-order chi connectivity index (χ1) is 9.65. The van der Waals surface area contributed by atoms with Crippen LogP contribution in [0.4, 0.5) is 5.69 Å². The third-order valence-corrected chi connectivity index (χ3v) is 4.04. The zero-order chi connectivity index (χ0) is 14.1. The molecule has 3 rings (SSSR count). The third kappa shape index (κ3) is 2.58. The van der Waals surface area contributed by atoms with E-state index in [4.69, 9.17) is 27.9 Å². The summed E-state index contributed by atoms with van der Waals surface area (Å²) in [4.78, 5) is 0. The molecule has 0 bridgehead atoms. The number of benzene rings is 2. The summed E-state index contributed by atoms with van der Waals surface area (Å²) in [5.41, 5.74) is 3.37. The molecule has 0 aliphatic carbocycles. The number of ether oxygens (including phenoxy) is 1. The maximum Gasteiger partial charge on any atom is 0.143 e. The molecule has 0 saturated heterocycles. The Kier molecular flexibility index (Phi) is 3.77. The molecule has 0 fully saturated rings. The van der Waals surface area contributed by atoms with E-state index in [1.165, 1.54) is 5.56 Å². The molecular formula is C16H15Cl2NO. The van der Waals surface area contributed by atoms with Gasteiger partial charge in [0.2, 0.25) is 0 Å². The normalized spacial score (nSPS) is 17.2. The molecule has 1 N–H and O–H groups in total. The van der Waals surface area contributed by atoms with Gasteiger partial charge in [-0.1, -0.05) is 41.4 Å². The van der Waals surface area contributed by atoms with Crippen molar-refractivity contribution < 1.29 is 4.74 Å². The second-order valence-electron chi connectivity index (χ2n) is 4.95. The first kappa shape index (κ1) is 13.6. The van der Waals surface area contributed by atoms with E-state index < -0.39 is 0 Å². The standard InChI is InChI=1S/C16H15Cl2NO/c1-10-4-2-3-5-14(10)19-15-6-7-20-16-12(15)8-11(17)9-13(16)18/h2-5,8-9,15,19H,6-7H2,1H3. The highest BCUT2D eigenvalue weighted by Crippen LogP contribution is 2.41. The number of hydrogen-bond donors (Lipinski definition) is 1. The van der Waals surface area contributed by atoms with E-state index >= 15 is 0 Å². The summed E-state index contributed by atoms with van der Waals surface area (Å²) in [5, 5.41) is 4.77. The topological polar surface area (TPSA) is 21.3 Å². The molecule has 1 aliphatic rings. The van der Waals surface area contributed by atoms with Crippen LogP contribution in [0, 0.1) is 6.92 Å². The minimum Gasteiger partial charge on any atom is -0.492 e. The molecular weight excluding hydrogens is 293 g/mol. The van der Waals surface area contributed by atoms with Gasteiger partial charge in [-0.05, 0) is 30.7 Å². The average Bonchev–Trinajstić information content (AvgIpc) is 2.42. The molecule has 1 heterocycles. The summed E-state index contributed by atoms with van der Waals surface area (Å²) in [7, 11) is 0. The summed E-state index contributed by atoms with van der Waals surface area (Å²) in [6, 6.07) is 12.0. The maximum absolute atomic E-state index is 6.21. The summed E-state index contributed by atoms with van der Waals surface area (Å²) < 4.78 is 5.68. The number of anilines is 1. The Labute approximate surface area is 128 Å². The zero-order valence-electron chi connectivity index (χ0n) is 11.1. The first-order valence-electron chi connectivity index (χ1n) is 6.59. The summed E-state index contributed by atoms with van der Waals surface area (Å²) in [6.45, 7) is 2.74. The molecule has 2 aromatic carbocycles. The highest BCUT2D eigenvalue weighted by Gasteiger charge is 2.24. The molecule has 2 nitrogen and oxygen atoms in total. The lowest BCUT2D eigenvalue weighted by molar-refractivity contribution is 0.274. The van der Waals surface area contributed by atoms with E-state index in [1.807, 2.05) is 18.2 Å². The van der Waals surface area contributed by atoms with Gasteiger partial charge in [-0.15, -0.1) is 0 Å². The maximum atomic E-state index is 6.21. The van der Waals surface area contributed by atoms with Crippen LogP contribution in [-0.4, -0.2) is 6.61 Å². The molecule has 4 heteroatoms. The van der Waals surface area contributed by atoms with Crippen molar-refractivity contribution in [3.8, 4) is 5.75 Å². The smallest absolute Gasteiger partial charge is 0.143 e. The van der Waals surface area contributed by atoms with Gasteiger partial charge in [0, 0.05) is 22.7 Å². The van der Waals surface area contributed by atoms with Crippen LogP contribution in [0.2, 0.25) is 10.0 Å². The lowest BCUT2D eigenvalue weighted by Gasteiger charge is -2.29. The van der Waals surface area contributed by atoms with Crippen molar-refractivity contribution >= 4 is 28.9 Å². The molecule has 1 atom stereocenters. The van der Waals surface area contributed by atoms with Crippen LogP contribution in [0.1, 0.15) is 23.6 Å². The van der Waals surface area contributed by atoms with Gasteiger partial charge in [0.05, 0.1) is 17.7 Å². The molecule has 104 valence electrons. The first-order valence-corrected chi connectivity index (χ1v) is 7.34. The van der Waals surface area contributed by atoms with Crippen LogP contribution in [0.25, 0.3) is 0 Å². The predicted molar refractivity (Wildman–Crippen MR) is 84.1 cm³/mol. The fraction of sp³-hybridized carbons (Fsp3) is 0.250. The fourth-order valence-corrected chi connectivity index (χ4v) is 3.06. The Hall–Kier alpha value is -1.38. The van der Waals surface area contributed by atoms with Gasteiger partial charge < -0.3 is 10.1 Å². The number of rotatable bonds is 2. The number of nitrogens with one attached hydrogen (secondary N) is 1. The van der Waals surface area contributed by atoms with Gasteiger partial charge in [0.1, 0.15) is 5.75 Å². The van der Waals surface area contributed by atoms with Crippen molar-refractivity contribution in [2.24, 2.45) is 0 Å². The third-order valence-electron chi connectivity index (χ3n) is 3.54. The van der Waals surface area contributed by atoms with Gasteiger partial charge in [-0.25, -0.2) is 0 Å². The van der Waals surface area contributed by atoms with Crippen LogP contribution in [0.15, 0.2) is 36.4 Å². The molecule has 0 amide bonds. The molecule has 2 aromatic rings. The van der Waals surface area contributed by atoms with Crippen LogP contribution >= 0.6 is 23.2 Å². The van der Waals surface area contributed by atoms with Crippen molar-refractivity contribution in [2.45, 2.75) is 19.4 Å². The van der Waals surface area contributed by atoms with E-state index in [1.54, 1.807) is 6.07 Å². The monoisotopic (exact) mass is 307 g/mol. The molecule has 0 radical (unpaired) electrons. The number of halogens is 2. The van der Waals surface area contributed by atoms with Crippen molar-refractivity contribution in [1.29, 1.82) is 0 Å². The summed E-state index contributed by atoms with van der Waals surface area (Å²) in [6.07, 6.45) is 0.887. The van der Waals surface area contributed by atoms with Gasteiger partial charge in [-0.2, -0.15) is 0 Å². The minimum atomic E-state index is 0.163. The Balaban J connectivity index is 1.96. The number of fused-ring (bicyclic) bond motifs is 1. The molecule has 1 unspecified atom stereocenters. The minimum absolute atomic E-state index is 0.163. The van der Waals surface area contributed by atoms with E-state index in [0.29, 0.717) is 16.7 Å². The van der Waals surface area contributed by atoms with Crippen LogP contribution in [0.3, 0.4) is 0 Å². The highest BCUT2D eigenvalue weighted by molar-refractivity contribution is 6.35. The van der Waals surface area contributed by atoms with E-state index in [-0.39, 0.29) is 6.04 Å². The average molecular weight is 308 g/mol. The largest absolute Gasteiger partial charge is 0.492 e. The van der Waals surface area contributed by atoms with Gasteiger partial charge in [0.25, 0.3) is 0 Å². The fourth-order valence-electron chi connectivity index (χ4n) is 2.50. The number of hydrogen-bond acceptors (Lipinski definition) is 2. The van der Waals surface area contributed by atoms with Crippen LogP contribution < -0.4 is 10.1 Å². The second-order valence-corrected chi connectivity index (χ2v) is 5.80. The Morgan fingerprint density at radius 2 is 2.00 bits per heavy atom. The summed E-state index contributed by atoms with van der Waals surface area (Å²) >= 11 is 12.3. The van der Waals surface area contributed by atoms with Crippen LogP contribution in [-0.2, 0) is 0 Å². The Bertz CT molecular complexity index is 642. The van der Waals surface area contributed by atoms with E-state index in [2.05, 4.69) is 24.4 Å². The molecule has 0 spiro atoms. The molecule has 20 heavy (non-hydrogen) atoms. The van der Waals surface area contributed by atoms with Gasteiger partial charge in [0.15, 0.2) is 0 Å². The van der Waals surface area contributed by atoms with Crippen molar-refractivity contribution in [3.05, 3.63) is 57.6 Å². The van der Waals surface area contributed by atoms with Crippen molar-refractivity contribution in [1.82, 2.24) is 0 Å². The van der Waals surface area contributed by atoms with E-state index in [0.717, 1.165) is 23.4 Å². The van der Waals surface area contributed by atoms with Crippen molar-refractivity contribution in [3.63, 3.8) is 0 Å². The second kappa shape index (κ2) is 5.55. The lowest BCUT2D eigenvalue weighted by atomic mass is 9.99. The van der Waals surface area contributed by atoms with E-state index in [9.17, 15) is 0 Å². The number of para-hydroxylation sites is 1. The van der Waals surface area contributed by atoms with Gasteiger partial charge >= 0.3 is 0 Å². The lowest BCUT2D eigenvalue weighted by Crippen LogP contribution is -2.21. The molecule has 0 saturated carbocycles. The SMILES string of the molecule is Cc1ccccc1NC1CCOc2c(Cl)cc(Cl)cc21. The van der Waals surface area contributed by atoms with Gasteiger partial charge in [-0.3, -0.25) is 0 Å². The molecule has 1 aliphatic heterocycles. The Morgan fingerprint density at radius 3 is 2.80 bits per heavy atom.